The number of ether oxygens (including phenoxy) is 10. The Balaban J connectivity index is 1.00. The van der Waals surface area contributed by atoms with Crippen LogP contribution in [0.2, 0.25) is 0 Å². The van der Waals surface area contributed by atoms with E-state index in [1.807, 2.05) is 165 Å². The molecule has 6 aromatic carbocycles. The van der Waals surface area contributed by atoms with Crippen LogP contribution in [0.3, 0.4) is 0 Å². The second-order valence-corrected chi connectivity index (χ2v) is 20.7. The number of hydrogen-bond donors (Lipinski definition) is 0. The van der Waals surface area contributed by atoms with Crippen molar-refractivity contribution < 1.29 is 74.1 Å². The highest BCUT2D eigenvalue weighted by molar-refractivity contribution is 5.83. The Morgan fingerprint density at radius 3 is 1.62 bits per heavy atom. The summed E-state index contributed by atoms with van der Waals surface area (Å²) >= 11 is 0. The summed E-state index contributed by atoms with van der Waals surface area (Å²) in [6, 6.07) is 48.8. The fourth-order valence-corrected chi connectivity index (χ4v) is 10.4. The molecular weight excluding hydrogens is 1050 g/mol. The van der Waals surface area contributed by atoms with Gasteiger partial charge in [-0.2, -0.15) is 8.78 Å². The standard InChI is InChI=1S/C65H67F5O11/c1-43-33-53-50(30-18-29-49(75-38-46-23-12-5-13-24-46)54(79-53)41-72-36-44-19-8-3-9-20-44)78-51(43)34-57(77-40-48-27-16-7-17-28-48)65(2)56(74-32-31-58(71)80-64-62(69)60(67)59(66)61(68)63(64)70)35-52(76-39-47-25-14-6-15-26-47)55(81-65)42-73-37-45-21-10-4-11-22-45/h3-28,30-32,43,49-57H,29,33-42H2,1-2H3/b30-18-,32-31+/t43-,49+,50-,51+,52-,53+,54-,55+,56+,57+,65+/m0/s1. The minimum absolute atomic E-state index is 0.0840. The average Bonchev–Trinajstić information content (AvgIpc) is 3.58. The second kappa shape index (κ2) is 28.9. The zero-order valence-electron chi connectivity index (χ0n) is 45.2. The van der Waals surface area contributed by atoms with Crippen LogP contribution >= 0.6 is 0 Å². The first kappa shape index (κ1) is 59.0. The summed E-state index contributed by atoms with van der Waals surface area (Å²) in [6.07, 6.45) is 2.03. The van der Waals surface area contributed by atoms with Gasteiger partial charge in [-0.25, -0.2) is 18.0 Å². The molecule has 6 aromatic rings. The first-order valence-electron chi connectivity index (χ1n) is 27.3. The van der Waals surface area contributed by atoms with Crippen molar-refractivity contribution in [1.29, 1.82) is 0 Å². The Kier molecular flexibility index (Phi) is 21.1. The van der Waals surface area contributed by atoms with Crippen LogP contribution in [0.4, 0.5) is 22.0 Å². The maximum absolute atomic E-state index is 14.6. The molecule has 2 fully saturated rings. The van der Waals surface area contributed by atoms with Crippen molar-refractivity contribution in [2.75, 3.05) is 13.2 Å². The van der Waals surface area contributed by atoms with E-state index in [-0.39, 0.29) is 64.0 Å². The molecule has 3 aliphatic heterocycles. The molecule has 2 saturated heterocycles. The molecule has 3 heterocycles. The summed E-state index contributed by atoms with van der Waals surface area (Å²) in [5, 5.41) is 0. The highest BCUT2D eigenvalue weighted by Crippen LogP contribution is 2.42. The van der Waals surface area contributed by atoms with Gasteiger partial charge in [0.25, 0.3) is 0 Å². The predicted octanol–water partition coefficient (Wildman–Crippen LogP) is 12.8. The summed E-state index contributed by atoms with van der Waals surface area (Å²) in [7, 11) is 0. The quantitative estimate of drug-likeness (QED) is 0.00845. The minimum atomic E-state index is -2.40. The summed E-state index contributed by atoms with van der Waals surface area (Å²) in [6.45, 7) is 5.73. The van der Waals surface area contributed by atoms with E-state index in [0.29, 0.717) is 32.1 Å². The maximum Gasteiger partial charge on any atom is 0.339 e. The van der Waals surface area contributed by atoms with Crippen LogP contribution in [0.25, 0.3) is 0 Å². The lowest BCUT2D eigenvalue weighted by atomic mass is 9.79. The van der Waals surface area contributed by atoms with Crippen LogP contribution in [0.1, 0.15) is 67.3 Å². The highest BCUT2D eigenvalue weighted by atomic mass is 19.2. The van der Waals surface area contributed by atoms with Gasteiger partial charge in [-0.05, 0) is 53.5 Å². The molecule has 11 nitrogen and oxygen atoms in total. The molecule has 3 aliphatic rings. The second-order valence-electron chi connectivity index (χ2n) is 20.7. The molecule has 0 radical (unpaired) electrons. The molecule has 11 atom stereocenters. The number of carbonyl (C=O) groups is 1. The lowest BCUT2D eigenvalue weighted by Gasteiger charge is -2.51. The van der Waals surface area contributed by atoms with Gasteiger partial charge in [0.1, 0.15) is 30.0 Å². The van der Waals surface area contributed by atoms with Crippen LogP contribution in [0.15, 0.2) is 176 Å². The fourth-order valence-electron chi connectivity index (χ4n) is 10.4. The van der Waals surface area contributed by atoms with E-state index in [1.54, 1.807) is 0 Å². The summed E-state index contributed by atoms with van der Waals surface area (Å²) < 4.78 is 137. The van der Waals surface area contributed by atoms with Crippen LogP contribution in [0, 0.1) is 35.0 Å². The van der Waals surface area contributed by atoms with Crippen molar-refractivity contribution in [2.24, 2.45) is 5.92 Å². The van der Waals surface area contributed by atoms with Crippen molar-refractivity contribution >= 4 is 5.97 Å². The Morgan fingerprint density at radius 1 is 0.593 bits per heavy atom. The van der Waals surface area contributed by atoms with Crippen LogP contribution in [-0.2, 0) is 80.5 Å². The molecule has 0 spiro atoms. The average molecular weight is 1120 g/mol. The van der Waals surface area contributed by atoms with Crippen molar-refractivity contribution in [3.63, 3.8) is 0 Å². The molecule has 0 unspecified atom stereocenters. The van der Waals surface area contributed by atoms with Gasteiger partial charge in [0.2, 0.25) is 34.8 Å². The zero-order valence-corrected chi connectivity index (χ0v) is 45.2. The molecule has 0 bridgehead atoms. The van der Waals surface area contributed by atoms with E-state index in [0.717, 1.165) is 34.1 Å². The monoisotopic (exact) mass is 1120 g/mol. The van der Waals surface area contributed by atoms with E-state index < -0.39 is 89.1 Å². The predicted molar refractivity (Wildman–Crippen MR) is 291 cm³/mol. The third kappa shape index (κ3) is 15.9. The summed E-state index contributed by atoms with van der Waals surface area (Å²) in [5.74, 6) is -14.9. The van der Waals surface area contributed by atoms with Crippen LogP contribution in [-0.4, -0.2) is 79.7 Å². The maximum atomic E-state index is 14.6. The normalized spacial score (nSPS) is 25.5. The van der Waals surface area contributed by atoms with Gasteiger partial charge < -0.3 is 47.4 Å². The number of rotatable bonds is 24. The molecule has 0 saturated carbocycles. The topological polar surface area (TPSA) is 109 Å². The molecular formula is C65H67F5O11. The Bertz CT molecular complexity index is 2930. The number of benzene rings is 6. The SMILES string of the molecule is C[C@H]1C[C@H]2O[C@@H](COCc3ccccc3)[C@H](OCc3ccccc3)C/C=C\[C@@H]2O[C@@H]1C[C@@H](OCc1ccccc1)[C@]1(C)O[C@H](COCc2ccccc2)[C@@H](OCc2ccccc2)C[C@H]1O/C=C/C(=O)Oc1c(F)c(F)c(F)c(F)c1F. The smallest absolute Gasteiger partial charge is 0.339 e. The van der Waals surface area contributed by atoms with E-state index in [4.69, 9.17) is 42.6 Å². The summed E-state index contributed by atoms with van der Waals surface area (Å²) in [5.41, 5.74) is 3.39. The van der Waals surface area contributed by atoms with Crippen molar-refractivity contribution in [3.05, 3.63) is 233 Å². The fraction of sp³-hybridized carbons (Fsp3) is 0.369. The third-order valence-electron chi connectivity index (χ3n) is 14.9. The van der Waals surface area contributed by atoms with E-state index in [2.05, 4.69) is 17.7 Å². The zero-order chi connectivity index (χ0) is 56.6. The Morgan fingerprint density at radius 2 is 1.07 bits per heavy atom. The van der Waals surface area contributed by atoms with Crippen molar-refractivity contribution in [2.45, 2.75) is 133 Å². The number of hydrogen-bond acceptors (Lipinski definition) is 11. The summed E-state index contributed by atoms with van der Waals surface area (Å²) in [4.78, 5) is 13.1. The first-order chi connectivity index (χ1) is 39.4. The molecule has 0 N–H and O–H groups in total. The van der Waals surface area contributed by atoms with E-state index >= 15 is 0 Å². The lowest BCUT2D eigenvalue weighted by Crippen LogP contribution is -2.63. The number of fused-ring (bicyclic) bond motifs is 1. The Labute approximate surface area is 469 Å². The molecule has 81 heavy (non-hydrogen) atoms. The molecule has 0 aromatic heterocycles. The van der Waals surface area contributed by atoms with Gasteiger partial charge >= 0.3 is 5.97 Å². The highest BCUT2D eigenvalue weighted by Gasteiger charge is 2.54. The van der Waals surface area contributed by atoms with Crippen molar-refractivity contribution in [1.82, 2.24) is 0 Å². The molecule has 9 rings (SSSR count). The van der Waals surface area contributed by atoms with E-state index in [1.165, 1.54) is 0 Å². The minimum Gasteiger partial charge on any atom is -0.495 e. The van der Waals surface area contributed by atoms with Gasteiger partial charge in [-0.15, -0.1) is 0 Å². The third-order valence-corrected chi connectivity index (χ3v) is 14.9. The van der Waals surface area contributed by atoms with Gasteiger partial charge in [0.05, 0.1) is 89.1 Å². The Hall–Kier alpha value is -6.60. The molecule has 0 aliphatic carbocycles. The van der Waals surface area contributed by atoms with Gasteiger partial charge in [-0.1, -0.05) is 171 Å². The van der Waals surface area contributed by atoms with Crippen LogP contribution in [0.5, 0.6) is 5.75 Å². The molecule has 16 heteroatoms. The molecule has 0 amide bonds. The lowest BCUT2D eigenvalue weighted by molar-refractivity contribution is -0.285. The van der Waals surface area contributed by atoms with Gasteiger partial charge in [0, 0.05) is 12.8 Å². The van der Waals surface area contributed by atoms with Crippen LogP contribution < -0.4 is 4.74 Å². The van der Waals surface area contributed by atoms with Gasteiger partial charge in [0.15, 0.2) is 0 Å². The first-order valence-corrected chi connectivity index (χ1v) is 27.3. The van der Waals surface area contributed by atoms with E-state index in [9.17, 15) is 26.7 Å². The number of carbonyl (C=O) groups excluding carboxylic acids is 1. The largest absolute Gasteiger partial charge is 0.495 e. The number of esters is 1. The molecule has 428 valence electrons. The van der Waals surface area contributed by atoms with Gasteiger partial charge in [-0.3, -0.25) is 0 Å². The van der Waals surface area contributed by atoms with Crippen molar-refractivity contribution in [3.8, 4) is 5.75 Å². The number of halogens is 5.